The molecule has 2 rings (SSSR count). The molecule has 3 nitrogen and oxygen atoms in total. The van der Waals surface area contributed by atoms with Gasteiger partial charge in [0.15, 0.2) is 5.82 Å². The summed E-state index contributed by atoms with van der Waals surface area (Å²) in [7, 11) is 0. The number of hydrogen-bond acceptors (Lipinski definition) is 3. The third kappa shape index (κ3) is 5.54. The molecule has 0 aliphatic rings. The summed E-state index contributed by atoms with van der Waals surface area (Å²) < 4.78 is 5.76. The molecule has 0 bridgehead atoms. The average molecular weight is 283 g/mol. The highest BCUT2D eigenvalue weighted by Gasteiger charge is 2.00. The fourth-order valence-corrected chi connectivity index (χ4v) is 2.19. The number of aromatic nitrogens is 2. The molecular weight excluding hydrogens is 260 g/mol. The minimum atomic E-state index is 0.719. The lowest BCUT2D eigenvalue weighted by atomic mass is 10.1. The van der Waals surface area contributed by atoms with E-state index in [1.165, 1.54) is 32.1 Å². The number of rotatable bonds is 9. The van der Waals surface area contributed by atoms with E-state index in [9.17, 15) is 0 Å². The van der Waals surface area contributed by atoms with E-state index in [1.54, 1.807) is 12.4 Å². The first-order valence-electron chi connectivity index (χ1n) is 7.81. The molecule has 0 unspecified atom stereocenters. The van der Waals surface area contributed by atoms with Crippen molar-refractivity contribution < 1.29 is 4.74 Å². The number of nitrogens with zero attached hydrogens (tertiary/aromatic N) is 2. The van der Waals surface area contributed by atoms with Gasteiger partial charge >= 0.3 is 0 Å². The normalized spacial score (nSPS) is 10.5. The minimum Gasteiger partial charge on any atom is -0.494 e. The molecule has 111 valence electrons. The van der Waals surface area contributed by atoms with Gasteiger partial charge in [-0.1, -0.05) is 39.0 Å². The van der Waals surface area contributed by atoms with Crippen molar-refractivity contribution in [3.63, 3.8) is 0 Å². The van der Waals surface area contributed by atoms with Crippen LogP contribution in [0.15, 0.2) is 36.7 Å². The zero-order valence-electron chi connectivity index (χ0n) is 12.7. The molecule has 0 fully saturated rings. The topological polar surface area (TPSA) is 35.0 Å². The summed E-state index contributed by atoms with van der Waals surface area (Å²) in [6.07, 6.45) is 11.0. The molecule has 0 spiro atoms. The van der Waals surface area contributed by atoms with Gasteiger partial charge in [0.1, 0.15) is 5.75 Å². The highest BCUT2D eigenvalue weighted by molar-refractivity contribution is 5.55. The highest BCUT2D eigenvalue weighted by atomic mass is 16.5. The molecule has 0 saturated heterocycles. The lowest BCUT2D eigenvalue weighted by Crippen LogP contribution is -1.97. The number of benzene rings is 1. The number of ether oxygens (including phenoxy) is 1. The zero-order valence-corrected chi connectivity index (χ0v) is 12.7. The second-order valence-corrected chi connectivity index (χ2v) is 5.15. The molecule has 1 aromatic carbocycles. The van der Waals surface area contributed by atoms with Gasteiger partial charge in [-0.3, -0.25) is 0 Å². The summed E-state index contributed by atoms with van der Waals surface area (Å²) in [5.74, 6) is 1.63. The molecule has 0 atom stereocenters. The maximum Gasteiger partial charge on any atom is 0.159 e. The Hall–Kier alpha value is -1.90. The summed E-state index contributed by atoms with van der Waals surface area (Å²) in [5, 5.41) is 0. The maximum atomic E-state index is 5.76. The molecule has 0 N–H and O–H groups in total. The van der Waals surface area contributed by atoms with Crippen molar-refractivity contribution in [1.82, 2.24) is 9.97 Å². The van der Waals surface area contributed by atoms with Gasteiger partial charge in [-0.05, 0) is 30.7 Å². The second kappa shape index (κ2) is 9.11. The third-order valence-corrected chi connectivity index (χ3v) is 3.40. The van der Waals surface area contributed by atoms with Crippen LogP contribution in [0, 0.1) is 6.07 Å². The van der Waals surface area contributed by atoms with Crippen LogP contribution in [0.1, 0.15) is 45.4 Å². The first-order valence-corrected chi connectivity index (χ1v) is 7.81. The number of unbranched alkanes of at least 4 members (excludes halogenated alkanes) is 5. The van der Waals surface area contributed by atoms with Gasteiger partial charge in [0, 0.05) is 24.0 Å². The highest BCUT2D eigenvalue weighted by Crippen LogP contribution is 2.19. The minimum absolute atomic E-state index is 0.719. The van der Waals surface area contributed by atoms with Gasteiger partial charge in [0.05, 0.1) is 6.61 Å². The smallest absolute Gasteiger partial charge is 0.159 e. The van der Waals surface area contributed by atoms with E-state index in [1.807, 2.05) is 24.3 Å². The Kier molecular flexibility index (Phi) is 6.72. The first-order chi connectivity index (χ1) is 10.4. The SMILES string of the molecule is CCCCCCCCOc1ccc(-c2nc[c]cn2)cc1. The Morgan fingerprint density at radius 3 is 2.29 bits per heavy atom. The van der Waals surface area contributed by atoms with Crippen LogP contribution in [-0.4, -0.2) is 16.6 Å². The molecule has 1 aromatic heterocycles. The van der Waals surface area contributed by atoms with E-state index in [0.717, 1.165) is 30.2 Å². The summed E-state index contributed by atoms with van der Waals surface area (Å²) in [6, 6.07) is 10.8. The van der Waals surface area contributed by atoms with E-state index in [0.29, 0.717) is 0 Å². The average Bonchev–Trinajstić information content (AvgIpc) is 2.55. The molecule has 0 aliphatic heterocycles. The van der Waals surface area contributed by atoms with Crippen LogP contribution in [0.2, 0.25) is 0 Å². The molecule has 0 amide bonds. The van der Waals surface area contributed by atoms with Crippen LogP contribution in [0.25, 0.3) is 11.4 Å². The zero-order chi connectivity index (χ0) is 14.8. The number of hydrogen-bond donors (Lipinski definition) is 0. The summed E-state index contributed by atoms with van der Waals surface area (Å²) in [4.78, 5) is 8.36. The Balaban J connectivity index is 1.71. The Bertz CT molecular complexity index is 496. The van der Waals surface area contributed by atoms with E-state index in [4.69, 9.17) is 4.74 Å². The molecule has 1 radical (unpaired) electrons. The molecule has 21 heavy (non-hydrogen) atoms. The third-order valence-electron chi connectivity index (χ3n) is 3.40. The van der Waals surface area contributed by atoms with Crippen molar-refractivity contribution in [1.29, 1.82) is 0 Å². The van der Waals surface area contributed by atoms with Crippen LogP contribution in [0.4, 0.5) is 0 Å². The van der Waals surface area contributed by atoms with Crippen molar-refractivity contribution in [2.45, 2.75) is 45.4 Å². The van der Waals surface area contributed by atoms with E-state index in [2.05, 4.69) is 23.0 Å². The van der Waals surface area contributed by atoms with Gasteiger partial charge < -0.3 is 4.74 Å². The molecule has 1 heterocycles. The molecular formula is C18H23N2O. The Morgan fingerprint density at radius 2 is 1.57 bits per heavy atom. The van der Waals surface area contributed by atoms with Crippen molar-refractivity contribution in [3.8, 4) is 17.1 Å². The Labute approximate surface area is 127 Å². The fourth-order valence-electron chi connectivity index (χ4n) is 2.19. The second-order valence-electron chi connectivity index (χ2n) is 5.15. The van der Waals surface area contributed by atoms with Gasteiger partial charge in [-0.25, -0.2) is 9.97 Å². The van der Waals surface area contributed by atoms with Crippen LogP contribution in [0.3, 0.4) is 0 Å². The maximum absolute atomic E-state index is 5.76. The lowest BCUT2D eigenvalue weighted by molar-refractivity contribution is 0.304. The van der Waals surface area contributed by atoms with E-state index in [-0.39, 0.29) is 0 Å². The summed E-state index contributed by atoms with van der Waals surface area (Å²) in [6.45, 7) is 3.04. The van der Waals surface area contributed by atoms with Crippen molar-refractivity contribution in [2.24, 2.45) is 0 Å². The quantitative estimate of drug-likeness (QED) is 0.627. The van der Waals surface area contributed by atoms with Gasteiger partial charge in [-0.15, -0.1) is 0 Å². The Morgan fingerprint density at radius 1 is 0.905 bits per heavy atom. The predicted molar refractivity (Wildman–Crippen MR) is 85.2 cm³/mol. The van der Waals surface area contributed by atoms with Crippen LogP contribution in [-0.2, 0) is 0 Å². The molecule has 0 aliphatic carbocycles. The van der Waals surface area contributed by atoms with Crippen molar-refractivity contribution in [3.05, 3.63) is 42.7 Å². The van der Waals surface area contributed by atoms with Crippen LogP contribution in [0.5, 0.6) is 5.75 Å². The monoisotopic (exact) mass is 283 g/mol. The van der Waals surface area contributed by atoms with Crippen LogP contribution >= 0.6 is 0 Å². The van der Waals surface area contributed by atoms with Crippen molar-refractivity contribution in [2.75, 3.05) is 6.61 Å². The first kappa shape index (κ1) is 15.5. The van der Waals surface area contributed by atoms with Gasteiger partial charge in [0.2, 0.25) is 0 Å². The van der Waals surface area contributed by atoms with Crippen molar-refractivity contribution >= 4 is 0 Å². The van der Waals surface area contributed by atoms with E-state index >= 15 is 0 Å². The predicted octanol–water partition coefficient (Wildman–Crippen LogP) is 4.68. The molecule has 3 heteroatoms. The van der Waals surface area contributed by atoms with E-state index < -0.39 is 0 Å². The molecule has 2 aromatic rings. The summed E-state index contributed by atoms with van der Waals surface area (Å²) >= 11 is 0. The largest absolute Gasteiger partial charge is 0.494 e. The van der Waals surface area contributed by atoms with Gasteiger partial charge in [-0.2, -0.15) is 0 Å². The summed E-state index contributed by atoms with van der Waals surface area (Å²) in [5.41, 5.74) is 0.996. The van der Waals surface area contributed by atoms with Gasteiger partial charge in [0.25, 0.3) is 0 Å². The standard InChI is InChI=1S/C18H23N2O/c1-2-3-4-5-6-7-15-21-17-11-9-16(10-12-17)18-19-13-8-14-20-18/h9-14H,2-7,15H2,1H3. The fraction of sp³-hybridized carbons (Fsp3) is 0.444. The molecule has 0 saturated carbocycles. The lowest BCUT2D eigenvalue weighted by Gasteiger charge is -2.07. The van der Waals surface area contributed by atoms with Crippen LogP contribution < -0.4 is 4.74 Å².